The lowest BCUT2D eigenvalue weighted by molar-refractivity contribution is -0.141. The molecule has 2 amide bonds. The smallest absolute Gasteiger partial charge is 0.326 e. The van der Waals surface area contributed by atoms with Crippen molar-refractivity contribution in [2.24, 2.45) is 11.1 Å². The molecule has 1 aliphatic rings. The van der Waals surface area contributed by atoms with Crippen LogP contribution >= 0.6 is 0 Å². The Morgan fingerprint density at radius 1 is 1.03 bits per heavy atom. The van der Waals surface area contributed by atoms with Crippen LogP contribution in [0, 0.1) is 5.92 Å². The molecule has 0 saturated carbocycles. The zero-order chi connectivity index (χ0) is 26.9. The van der Waals surface area contributed by atoms with Gasteiger partial charge in [-0.15, -0.1) is 0 Å². The molecule has 2 aromatic carbocycles. The second kappa shape index (κ2) is 12.8. The molecule has 0 aliphatic carbocycles. The van der Waals surface area contributed by atoms with Crippen molar-refractivity contribution in [2.75, 3.05) is 34.4 Å². The molecule has 0 radical (unpaired) electrons. The molecule has 1 saturated heterocycles. The first-order valence-electron chi connectivity index (χ1n) is 12.0. The Morgan fingerprint density at radius 2 is 1.62 bits per heavy atom. The molecular weight excluding hydrogens is 478 g/mol. The Kier molecular flexibility index (Phi) is 9.48. The minimum absolute atomic E-state index is 0.0192. The molecule has 0 spiro atoms. The first-order valence-corrected chi connectivity index (χ1v) is 12.0. The maximum Gasteiger partial charge on any atom is 0.326 e. The maximum atomic E-state index is 13.0. The molecule has 3 rings (SSSR count). The lowest BCUT2D eigenvalue weighted by Gasteiger charge is -2.31. The standard InChI is InChI=1S/C27H33N3O7/c1-17(31)30-14-12-20(13-15-30)25(29-37-4)26(32)28-21(27(33)34)16-18-8-10-19(11-9-18)24-22(35-2)6-5-7-23(24)36-3/h5-11,20-21H,12-16H2,1-4H3,(H,28,32)(H,33,34)/b29-25-. The van der Waals surface area contributed by atoms with E-state index in [0.29, 0.717) is 37.4 Å². The topological polar surface area (TPSA) is 127 Å². The van der Waals surface area contributed by atoms with Gasteiger partial charge in [-0.25, -0.2) is 4.79 Å². The fourth-order valence-corrected chi connectivity index (χ4v) is 4.48. The normalized spacial score (nSPS) is 15.0. The average molecular weight is 512 g/mol. The molecule has 1 unspecified atom stereocenters. The molecule has 10 nitrogen and oxygen atoms in total. The Bertz CT molecular complexity index is 1120. The minimum atomic E-state index is -1.17. The van der Waals surface area contributed by atoms with Crippen molar-refractivity contribution in [2.45, 2.75) is 32.2 Å². The first-order chi connectivity index (χ1) is 17.8. The molecule has 10 heteroatoms. The molecule has 198 valence electrons. The number of ether oxygens (including phenoxy) is 2. The number of rotatable bonds is 10. The summed E-state index contributed by atoms with van der Waals surface area (Å²) in [4.78, 5) is 43.3. The number of oxime groups is 1. The van der Waals surface area contributed by atoms with E-state index in [9.17, 15) is 19.5 Å². The van der Waals surface area contributed by atoms with E-state index in [1.165, 1.54) is 14.0 Å². The SMILES string of the molecule is CO/N=C(\C(=O)NC(Cc1ccc(-c2c(OC)cccc2OC)cc1)C(=O)O)C1CCN(C(C)=O)CC1. The lowest BCUT2D eigenvalue weighted by Crippen LogP contribution is -2.48. The van der Waals surface area contributed by atoms with Crippen LogP contribution in [0.4, 0.5) is 0 Å². The van der Waals surface area contributed by atoms with Gasteiger partial charge in [0.1, 0.15) is 30.4 Å². The summed E-state index contributed by atoms with van der Waals surface area (Å²) >= 11 is 0. The number of benzene rings is 2. The van der Waals surface area contributed by atoms with Crippen molar-refractivity contribution in [1.29, 1.82) is 0 Å². The Labute approximate surface area is 216 Å². The average Bonchev–Trinajstić information content (AvgIpc) is 2.91. The fourth-order valence-electron chi connectivity index (χ4n) is 4.48. The number of piperidine rings is 1. The van der Waals surface area contributed by atoms with Crippen LogP contribution in [0.2, 0.25) is 0 Å². The third kappa shape index (κ3) is 6.78. The second-order valence-corrected chi connectivity index (χ2v) is 8.74. The Morgan fingerprint density at radius 3 is 2.11 bits per heavy atom. The van der Waals surface area contributed by atoms with E-state index < -0.39 is 17.9 Å². The van der Waals surface area contributed by atoms with Crippen molar-refractivity contribution >= 4 is 23.5 Å². The van der Waals surface area contributed by atoms with E-state index in [0.717, 1.165) is 16.7 Å². The van der Waals surface area contributed by atoms with E-state index in [4.69, 9.17) is 14.3 Å². The van der Waals surface area contributed by atoms with Gasteiger partial charge >= 0.3 is 5.97 Å². The number of hydrogen-bond acceptors (Lipinski definition) is 7. The summed E-state index contributed by atoms with van der Waals surface area (Å²) in [6.45, 7) is 2.51. The predicted octanol–water partition coefficient (Wildman–Crippen LogP) is 2.74. The summed E-state index contributed by atoms with van der Waals surface area (Å²) in [5.74, 6) is -0.698. The number of nitrogens with one attached hydrogen (secondary N) is 1. The number of nitrogens with zero attached hydrogens (tertiary/aromatic N) is 2. The highest BCUT2D eigenvalue weighted by Crippen LogP contribution is 2.38. The number of carbonyl (C=O) groups excluding carboxylic acids is 2. The van der Waals surface area contributed by atoms with Gasteiger partial charge in [0, 0.05) is 32.4 Å². The summed E-state index contributed by atoms with van der Waals surface area (Å²) in [6.07, 6.45) is 1.16. The molecule has 1 atom stereocenters. The van der Waals surface area contributed by atoms with Crippen molar-refractivity contribution in [1.82, 2.24) is 10.2 Å². The summed E-state index contributed by atoms with van der Waals surface area (Å²) in [6, 6.07) is 11.7. The molecule has 0 aromatic heterocycles. The number of methoxy groups -OCH3 is 2. The van der Waals surface area contributed by atoms with Crippen LogP contribution in [-0.4, -0.2) is 74.0 Å². The van der Waals surface area contributed by atoms with Crippen LogP contribution in [-0.2, 0) is 25.6 Å². The number of carboxylic acids is 1. The van der Waals surface area contributed by atoms with Gasteiger partial charge < -0.3 is 29.6 Å². The highest BCUT2D eigenvalue weighted by atomic mass is 16.6. The Hall–Kier alpha value is -4.08. The quantitative estimate of drug-likeness (QED) is 0.371. The summed E-state index contributed by atoms with van der Waals surface area (Å²) in [7, 11) is 4.51. The largest absolute Gasteiger partial charge is 0.496 e. The summed E-state index contributed by atoms with van der Waals surface area (Å²) in [5.41, 5.74) is 2.50. The van der Waals surface area contributed by atoms with Gasteiger partial charge in [0.2, 0.25) is 5.91 Å². The molecule has 0 bridgehead atoms. The predicted molar refractivity (Wildman–Crippen MR) is 138 cm³/mol. The van der Waals surface area contributed by atoms with Gasteiger partial charge in [0.05, 0.1) is 19.8 Å². The molecule has 1 fully saturated rings. The molecule has 1 aliphatic heterocycles. The van der Waals surface area contributed by atoms with Crippen molar-refractivity contribution in [3.63, 3.8) is 0 Å². The Balaban J connectivity index is 1.73. The van der Waals surface area contributed by atoms with E-state index >= 15 is 0 Å². The van der Waals surface area contributed by atoms with E-state index in [1.54, 1.807) is 19.1 Å². The summed E-state index contributed by atoms with van der Waals surface area (Å²) in [5, 5.41) is 16.3. The van der Waals surface area contributed by atoms with Crippen LogP contribution in [0.25, 0.3) is 11.1 Å². The van der Waals surface area contributed by atoms with Gasteiger partial charge in [-0.05, 0) is 36.1 Å². The zero-order valence-electron chi connectivity index (χ0n) is 21.5. The van der Waals surface area contributed by atoms with Crippen molar-refractivity contribution in [3.05, 3.63) is 48.0 Å². The number of carbonyl (C=O) groups is 3. The lowest BCUT2D eigenvalue weighted by atomic mass is 9.91. The number of aliphatic carboxylic acids is 1. The molecular formula is C27H33N3O7. The third-order valence-electron chi connectivity index (χ3n) is 6.46. The van der Waals surface area contributed by atoms with Gasteiger partial charge in [-0.2, -0.15) is 0 Å². The monoisotopic (exact) mass is 511 g/mol. The summed E-state index contributed by atoms with van der Waals surface area (Å²) < 4.78 is 11.0. The van der Waals surface area contributed by atoms with Gasteiger partial charge in [0.25, 0.3) is 5.91 Å². The fraction of sp³-hybridized carbons (Fsp3) is 0.407. The van der Waals surface area contributed by atoms with Crippen LogP contribution in [0.5, 0.6) is 11.5 Å². The molecule has 37 heavy (non-hydrogen) atoms. The van der Waals surface area contributed by atoms with Crippen LogP contribution in [0.1, 0.15) is 25.3 Å². The second-order valence-electron chi connectivity index (χ2n) is 8.74. The van der Waals surface area contributed by atoms with Gasteiger partial charge in [-0.3, -0.25) is 9.59 Å². The number of hydrogen-bond donors (Lipinski definition) is 2. The van der Waals surface area contributed by atoms with E-state index in [-0.39, 0.29) is 24.0 Å². The van der Waals surface area contributed by atoms with Gasteiger partial charge in [0.15, 0.2) is 0 Å². The third-order valence-corrected chi connectivity index (χ3v) is 6.46. The molecule has 2 aromatic rings. The highest BCUT2D eigenvalue weighted by Gasteiger charge is 2.31. The first kappa shape index (κ1) is 27.5. The van der Waals surface area contributed by atoms with Crippen molar-refractivity contribution < 1.29 is 33.8 Å². The van der Waals surface area contributed by atoms with Gasteiger partial charge in [-0.1, -0.05) is 35.5 Å². The number of amides is 2. The van der Waals surface area contributed by atoms with Crippen molar-refractivity contribution in [3.8, 4) is 22.6 Å². The van der Waals surface area contributed by atoms with E-state index in [2.05, 4.69) is 10.5 Å². The molecule has 2 N–H and O–H groups in total. The molecule has 1 heterocycles. The number of carboxylic acid groups (broad SMARTS) is 1. The maximum absolute atomic E-state index is 13.0. The minimum Gasteiger partial charge on any atom is -0.496 e. The zero-order valence-corrected chi connectivity index (χ0v) is 21.5. The number of likely N-dealkylation sites (tertiary alicyclic amines) is 1. The van der Waals surface area contributed by atoms with Crippen LogP contribution < -0.4 is 14.8 Å². The van der Waals surface area contributed by atoms with Crippen LogP contribution in [0.15, 0.2) is 47.6 Å². The highest BCUT2D eigenvalue weighted by molar-refractivity contribution is 6.39. The van der Waals surface area contributed by atoms with E-state index in [1.807, 2.05) is 42.5 Å². The van der Waals surface area contributed by atoms with Crippen LogP contribution in [0.3, 0.4) is 0 Å².